The molecule has 4 aromatic carbocycles. The monoisotopic (exact) mass is 760 g/mol. The molecular weight excluding hydrogens is 744 g/mol. The van der Waals surface area contributed by atoms with Gasteiger partial charge in [0.1, 0.15) is 27.0 Å². The fraction of sp³-hybridized carbons (Fsp3) is 0.0417. The van der Waals surface area contributed by atoms with E-state index in [-0.39, 0.29) is 61.2 Å². The van der Waals surface area contributed by atoms with Crippen LogP contribution in [0.3, 0.4) is 0 Å². The molecule has 0 saturated carbocycles. The number of anilines is 2. The van der Waals surface area contributed by atoms with E-state index < -0.39 is 62.2 Å². The molecule has 0 unspecified atom stereocenters. The third-order valence-corrected chi connectivity index (χ3v) is 9.76. The lowest BCUT2D eigenvalue weighted by Crippen LogP contribution is -2.04. The predicted octanol–water partition coefficient (Wildman–Crippen LogP) is 5.17. The molecule has 5 aromatic rings. The van der Waals surface area contributed by atoms with Gasteiger partial charge in [-0.1, -0.05) is 23.2 Å². The molecular formula is C24H17ClN6O13S4. The summed E-state index contributed by atoms with van der Waals surface area (Å²) in [5, 5.41) is 33.1. The average Bonchev–Trinajstić information content (AvgIpc) is 2.96. The van der Waals surface area contributed by atoms with Crippen LogP contribution in [0.1, 0.15) is 5.82 Å². The number of benzene rings is 4. The average molecular weight is 761 g/mol. The maximum Gasteiger partial charge on any atom is 0.297 e. The van der Waals surface area contributed by atoms with E-state index in [1.165, 1.54) is 6.92 Å². The molecule has 252 valence electrons. The Labute approximate surface area is 278 Å². The summed E-state index contributed by atoms with van der Waals surface area (Å²) < 4.78 is 107. The van der Waals surface area contributed by atoms with Gasteiger partial charge in [0.05, 0.1) is 27.5 Å². The molecule has 5 rings (SSSR count). The summed E-state index contributed by atoms with van der Waals surface area (Å²) in [7, 11) is -14.8. The highest BCUT2D eigenvalue weighted by Crippen LogP contribution is 2.48. The van der Waals surface area contributed by atoms with Crippen LogP contribution in [0.2, 0.25) is 5.28 Å². The number of nitrogens with zero attached hydrogens (tertiary/aromatic N) is 5. The number of fused-ring (bicyclic) bond motifs is 2. The third-order valence-electron chi connectivity index (χ3n) is 6.29. The number of aromatic hydroxyl groups is 1. The van der Waals surface area contributed by atoms with Crippen molar-refractivity contribution in [2.24, 2.45) is 10.2 Å². The van der Waals surface area contributed by atoms with Gasteiger partial charge in [0.15, 0.2) is 5.75 Å². The van der Waals surface area contributed by atoms with Crippen molar-refractivity contribution in [1.82, 2.24) is 15.0 Å². The van der Waals surface area contributed by atoms with E-state index >= 15 is 0 Å². The molecule has 0 atom stereocenters. The second-order valence-corrected chi connectivity index (χ2v) is 14.6. The van der Waals surface area contributed by atoms with Gasteiger partial charge in [-0.3, -0.25) is 13.7 Å². The lowest BCUT2D eigenvalue weighted by atomic mass is 10.1. The number of azo groups is 1. The van der Waals surface area contributed by atoms with Gasteiger partial charge >= 0.3 is 0 Å². The maximum absolute atomic E-state index is 12.5. The van der Waals surface area contributed by atoms with Crippen LogP contribution >= 0.6 is 23.6 Å². The molecule has 0 fully saturated rings. The Bertz CT molecular complexity index is 2480. The predicted molar refractivity (Wildman–Crippen MR) is 167 cm³/mol. The Morgan fingerprint density at radius 3 is 2.23 bits per heavy atom. The normalized spacial score (nSPS) is 12.7. The number of hydrogen-bond donors (Lipinski definition) is 6. The Morgan fingerprint density at radius 1 is 0.875 bits per heavy atom. The summed E-state index contributed by atoms with van der Waals surface area (Å²) in [4.78, 5) is 9.27. The van der Waals surface area contributed by atoms with E-state index in [1.54, 1.807) is 0 Å². The first-order valence-electron chi connectivity index (χ1n) is 12.4. The van der Waals surface area contributed by atoms with E-state index in [9.17, 15) is 44.0 Å². The molecule has 6 N–H and O–H groups in total. The van der Waals surface area contributed by atoms with Crippen LogP contribution in [0.25, 0.3) is 21.5 Å². The van der Waals surface area contributed by atoms with Crippen LogP contribution < -0.4 is 5.32 Å². The lowest BCUT2D eigenvalue weighted by molar-refractivity contribution is -0.432. The second kappa shape index (κ2) is 13.1. The van der Waals surface area contributed by atoms with Gasteiger partial charge < -0.3 is 10.4 Å². The Hall–Kier alpha value is -4.14. The molecule has 0 radical (unpaired) electrons. The first-order valence-corrected chi connectivity index (χ1v) is 17.9. The van der Waals surface area contributed by atoms with Gasteiger partial charge in [-0.25, -0.2) is 10.2 Å². The lowest BCUT2D eigenvalue weighted by Gasteiger charge is -2.15. The summed E-state index contributed by atoms with van der Waals surface area (Å²) in [5.74, 6) is -0.831. The SMILES string of the molecule is Cc1nc(Cl)nc(Nc2cc(S(=O)(=O)O)cc3cc(SOOO)c(N=Nc4ccc5c(S(=O)(=O)O)cccc5c4S(=O)(=O)O)c(O)c23)n1. The van der Waals surface area contributed by atoms with Crippen LogP contribution in [0.4, 0.5) is 23.0 Å². The number of phenolic OH excluding ortho intramolecular Hbond substituents is 1. The molecule has 0 aliphatic rings. The van der Waals surface area contributed by atoms with Crippen molar-refractivity contribution in [3.05, 3.63) is 59.6 Å². The second-order valence-electron chi connectivity index (χ2n) is 9.36. The van der Waals surface area contributed by atoms with Crippen molar-refractivity contribution in [1.29, 1.82) is 0 Å². The van der Waals surface area contributed by atoms with Crippen molar-refractivity contribution in [3.63, 3.8) is 0 Å². The number of aromatic nitrogens is 3. The molecule has 0 saturated heterocycles. The Kier molecular flexibility index (Phi) is 9.56. The minimum absolute atomic E-state index is 0.0907. The number of aryl methyl sites for hydroxylation is 1. The molecule has 0 bridgehead atoms. The Balaban J connectivity index is 1.79. The van der Waals surface area contributed by atoms with E-state index in [1.807, 2.05) is 0 Å². The highest BCUT2D eigenvalue weighted by Gasteiger charge is 2.25. The van der Waals surface area contributed by atoms with E-state index in [0.29, 0.717) is 0 Å². The van der Waals surface area contributed by atoms with Gasteiger partial charge in [-0.2, -0.15) is 35.2 Å². The standard InChI is InChI=1S/C24H17ClN6O13S4/c1-10-26-23(25)29-24(27-10)28-16-9-12(46(34,35)36)7-11-8-17(45-44-43-33)20(21(32)19(11)16)31-30-15-6-5-13-14(22(15)48(40,41)42)3-2-4-18(13)47(37,38)39/h2-9,32-33H,1H3,(H,34,35,36)(H,37,38,39)(H,40,41,42)(H,26,27,28,29). The quantitative estimate of drug-likeness (QED) is 0.0351. The molecule has 0 aliphatic carbocycles. The molecule has 0 amide bonds. The maximum atomic E-state index is 12.5. The minimum Gasteiger partial charge on any atom is -0.505 e. The summed E-state index contributed by atoms with van der Waals surface area (Å²) >= 11 is 6.13. The van der Waals surface area contributed by atoms with E-state index in [0.717, 1.165) is 48.5 Å². The van der Waals surface area contributed by atoms with Crippen LogP contribution in [0.5, 0.6) is 5.75 Å². The topological polar surface area (TPSA) is 297 Å². The molecule has 1 aromatic heterocycles. The van der Waals surface area contributed by atoms with Crippen molar-refractivity contribution < 1.29 is 58.6 Å². The fourth-order valence-corrected chi connectivity index (χ4v) is 7.29. The summed E-state index contributed by atoms with van der Waals surface area (Å²) in [6.45, 7) is 1.48. The van der Waals surface area contributed by atoms with Crippen molar-refractivity contribution in [2.45, 2.75) is 26.5 Å². The first-order chi connectivity index (χ1) is 22.4. The van der Waals surface area contributed by atoms with Gasteiger partial charge in [0, 0.05) is 16.2 Å². The Morgan fingerprint density at radius 2 is 1.60 bits per heavy atom. The number of hydrogen-bond acceptors (Lipinski definition) is 17. The summed E-state index contributed by atoms with van der Waals surface area (Å²) in [5.41, 5.74) is -1.30. The number of nitrogens with one attached hydrogen (secondary N) is 1. The smallest absolute Gasteiger partial charge is 0.297 e. The van der Waals surface area contributed by atoms with Crippen LogP contribution in [-0.4, -0.2) is 64.2 Å². The molecule has 0 aliphatic heterocycles. The largest absolute Gasteiger partial charge is 0.505 e. The van der Waals surface area contributed by atoms with Crippen LogP contribution in [-0.2, 0) is 39.7 Å². The third kappa shape index (κ3) is 7.30. The zero-order valence-corrected chi connectivity index (χ0v) is 27.4. The number of halogens is 1. The number of phenols is 1. The van der Waals surface area contributed by atoms with Gasteiger partial charge in [-0.05, 0) is 54.2 Å². The first kappa shape index (κ1) is 35.2. The minimum atomic E-state index is -5.16. The highest BCUT2D eigenvalue weighted by atomic mass is 35.5. The summed E-state index contributed by atoms with van der Waals surface area (Å²) in [6, 6.07) is 8.30. The molecule has 0 spiro atoms. The van der Waals surface area contributed by atoms with Gasteiger partial charge in [0.2, 0.25) is 11.2 Å². The highest BCUT2D eigenvalue weighted by molar-refractivity contribution is 7.94. The molecule has 48 heavy (non-hydrogen) atoms. The zero-order chi connectivity index (χ0) is 35.2. The molecule has 1 heterocycles. The number of rotatable bonds is 10. The zero-order valence-electron chi connectivity index (χ0n) is 23.4. The van der Waals surface area contributed by atoms with Crippen molar-refractivity contribution in [3.8, 4) is 5.75 Å². The van der Waals surface area contributed by atoms with E-state index in [4.69, 9.17) is 16.9 Å². The van der Waals surface area contributed by atoms with Crippen LogP contribution in [0.15, 0.2) is 78.3 Å². The van der Waals surface area contributed by atoms with Gasteiger partial charge in [-0.15, -0.1) is 14.6 Å². The molecule has 24 heteroatoms. The summed E-state index contributed by atoms with van der Waals surface area (Å²) in [6.07, 6.45) is 0. The molecule has 19 nitrogen and oxygen atoms in total. The van der Waals surface area contributed by atoms with Crippen molar-refractivity contribution >= 4 is 98.6 Å². The van der Waals surface area contributed by atoms with Crippen LogP contribution in [0, 0.1) is 6.92 Å². The van der Waals surface area contributed by atoms with E-state index in [2.05, 4.69) is 39.9 Å². The van der Waals surface area contributed by atoms with Crippen molar-refractivity contribution in [2.75, 3.05) is 5.32 Å². The fourth-order valence-electron chi connectivity index (χ4n) is 4.51. The van der Waals surface area contributed by atoms with Gasteiger partial charge in [0.25, 0.3) is 30.4 Å².